The van der Waals surface area contributed by atoms with E-state index in [1.807, 2.05) is 17.0 Å². The molecule has 1 aliphatic rings. The lowest BCUT2D eigenvalue weighted by Crippen LogP contribution is -2.42. The summed E-state index contributed by atoms with van der Waals surface area (Å²) in [6, 6.07) is 9.51. The highest BCUT2D eigenvalue weighted by Gasteiger charge is 2.26. The fraction of sp³-hybridized carbons (Fsp3) is 0.500. The number of carbonyl (C=O) groups excluding carboxylic acids is 1. The van der Waals surface area contributed by atoms with Gasteiger partial charge < -0.3 is 4.90 Å². The van der Waals surface area contributed by atoms with E-state index in [1.54, 1.807) is 12.1 Å². The zero-order valence-electron chi connectivity index (χ0n) is 11.5. The Morgan fingerprint density at radius 1 is 1.30 bits per heavy atom. The Kier molecular flexibility index (Phi) is 5.43. The maximum atomic E-state index is 12.7. The van der Waals surface area contributed by atoms with Gasteiger partial charge in [0, 0.05) is 12.6 Å². The molecule has 0 radical (unpaired) electrons. The van der Waals surface area contributed by atoms with Crippen LogP contribution in [-0.4, -0.2) is 23.4 Å². The third-order valence-electron chi connectivity index (χ3n) is 3.85. The molecule has 0 bridgehead atoms. The Bertz CT molecular complexity index is 503. The van der Waals surface area contributed by atoms with Gasteiger partial charge in [0.2, 0.25) is 0 Å². The molecule has 1 fully saturated rings. The van der Waals surface area contributed by atoms with Crippen LogP contribution in [0.4, 0.5) is 0 Å². The van der Waals surface area contributed by atoms with Crippen molar-refractivity contribution in [3.63, 3.8) is 0 Å². The van der Waals surface area contributed by atoms with Gasteiger partial charge in [-0.3, -0.25) is 4.79 Å². The second kappa shape index (κ2) is 7.31. The SMILES string of the molecule is N#CCCN(C(=O)c1ccccc1Cl)C1CCCCC1. The molecule has 2 rings (SSSR count). The Labute approximate surface area is 125 Å². The number of carbonyl (C=O) groups is 1. The van der Waals surface area contributed by atoms with Crippen LogP contribution in [0.2, 0.25) is 5.02 Å². The molecular weight excluding hydrogens is 272 g/mol. The number of hydrogen-bond acceptors (Lipinski definition) is 2. The molecule has 0 unspecified atom stereocenters. The van der Waals surface area contributed by atoms with Crippen LogP contribution >= 0.6 is 11.6 Å². The highest BCUT2D eigenvalue weighted by molar-refractivity contribution is 6.33. The topological polar surface area (TPSA) is 44.1 Å². The van der Waals surface area contributed by atoms with Crippen molar-refractivity contribution in [1.82, 2.24) is 4.90 Å². The lowest BCUT2D eigenvalue weighted by molar-refractivity contribution is 0.0639. The molecule has 1 aromatic carbocycles. The Balaban J connectivity index is 2.19. The molecule has 0 heterocycles. The predicted molar refractivity (Wildman–Crippen MR) is 79.6 cm³/mol. The van der Waals surface area contributed by atoms with Gasteiger partial charge in [0.05, 0.1) is 23.1 Å². The normalized spacial score (nSPS) is 15.6. The minimum absolute atomic E-state index is 0.0437. The average Bonchev–Trinajstić information content (AvgIpc) is 2.49. The van der Waals surface area contributed by atoms with Crippen molar-refractivity contribution in [1.29, 1.82) is 5.26 Å². The van der Waals surface area contributed by atoms with Crippen LogP contribution in [0.3, 0.4) is 0 Å². The first-order chi connectivity index (χ1) is 9.74. The van der Waals surface area contributed by atoms with Crippen molar-refractivity contribution < 1.29 is 4.79 Å². The fourth-order valence-electron chi connectivity index (χ4n) is 2.80. The maximum Gasteiger partial charge on any atom is 0.255 e. The molecule has 3 nitrogen and oxygen atoms in total. The second-order valence-corrected chi connectivity index (χ2v) is 5.59. The van der Waals surface area contributed by atoms with Gasteiger partial charge >= 0.3 is 0 Å². The van der Waals surface area contributed by atoms with E-state index in [9.17, 15) is 4.79 Å². The Morgan fingerprint density at radius 2 is 2.00 bits per heavy atom. The molecule has 0 spiro atoms. The molecule has 4 heteroatoms. The molecular formula is C16H19ClN2O. The predicted octanol–water partition coefficient (Wildman–Crippen LogP) is 4.03. The third kappa shape index (κ3) is 3.52. The first kappa shape index (κ1) is 14.9. The summed E-state index contributed by atoms with van der Waals surface area (Å²) < 4.78 is 0. The molecule has 1 aliphatic carbocycles. The van der Waals surface area contributed by atoms with Crippen molar-refractivity contribution in [2.45, 2.75) is 44.6 Å². The van der Waals surface area contributed by atoms with Gasteiger partial charge in [-0.25, -0.2) is 0 Å². The van der Waals surface area contributed by atoms with Crippen molar-refractivity contribution >= 4 is 17.5 Å². The first-order valence-corrected chi connectivity index (χ1v) is 7.54. The number of halogens is 1. The second-order valence-electron chi connectivity index (χ2n) is 5.18. The third-order valence-corrected chi connectivity index (χ3v) is 4.17. The zero-order valence-corrected chi connectivity index (χ0v) is 12.3. The van der Waals surface area contributed by atoms with Gasteiger partial charge in [0.1, 0.15) is 0 Å². The Hall–Kier alpha value is -1.53. The number of benzene rings is 1. The molecule has 0 aliphatic heterocycles. The smallest absolute Gasteiger partial charge is 0.255 e. The summed E-state index contributed by atoms with van der Waals surface area (Å²) in [5.74, 6) is -0.0437. The summed E-state index contributed by atoms with van der Waals surface area (Å²) in [5.41, 5.74) is 0.540. The molecule has 1 amide bonds. The summed E-state index contributed by atoms with van der Waals surface area (Å²) in [5, 5.41) is 9.29. The van der Waals surface area contributed by atoms with Gasteiger partial charge in [0.25, 0.3) is 5.91 Å². The lowest BCUT2D eigenvalue weighted by Gasteiger charge is -2.34. The van der Waals surface area contributed by atoms with Crippen LogP contribution in [0.15, 0.2) is 24.3 Å². The van der Waals surface area contributed by atoms with Gasteiger partial charge in [-0.1, -0.05) is 43.0 Å². The summed E-state index contributed by atoms with van der Waals surface area (Å²) in [7, 11) is 0. The van der Waals surface area contributed by atoms with E-state index >= 15 is 0 Å². The van der Waals surface area contributed by atoms with Gasteiger partial charge in [0.15, 0.2) is 0 Å². The molecule has 20 heavy (non-hydrogen) atoms. The van der Waals surface area contributed by atoms with E-state index in [0.29, 0.717) is 23.6 Å². The largest absolute Gasteiger partial charge is 0.335 e. The standard InChI is InChI=1S/C16H19ClN2O/c17-15-10-5-4-9-14(15)16(20)19(12-6-11-18)13-7-2-1-3-8-13/h4-5,9-10,13H,1-3,6-8,12H2. The van der Waals surface area contributed by atoms with Crippen LogP contribution in [0.1, 0.15) is 48.9 Å². The van der Waals surface area contributed by atoms with Crippen LogP contribution in [-0.2, 0) is 0 Å². The lowest BCUT2D eigenvalue weighted by atomic mass is 9.93. The average molecular weight is 291 g/mol. The van der Waals surface area contributed by atoms with Crippen LogP contribution in [0, 0.1) is 11.3 Å². The van der Waals surface area contributed by atoms with Crippen LogP contribution in [0.25, 0.3) is 0 Å². The molecule has 0 atom stereocenters. The van der Waals surface area contributed by atoms with Gasteiger partial charge in [-0.05, 0) is 25.0 Å². The van der Waals surface area contributed by atoms with Crippen molar-refractivity contribution in [3.05, 3.63) is 34.9 Å². The molecule has 1 aromatic rings. The van der Waals surface area contributed by atoms with Crippen molar-refractivity contribution in [3.8, 4) is 6.07 Å². The fourth-order valence-corrected chi connectivity index (χ4v) is 3.02. The van der Waals surface area contributed by atoms with Crippen molar-refractivity contribution in [2.24, 2.45) is 0 Å². The minimum Gasteiger partial charge on any atom is -0.335 e. The van der Waals surface area contributed by atoms with Crippen molar-refractivity contribution in [2.75, 3.05) is 6.54 Å². The molecule has 1 saturated carbocycles. The maximum absolute atomic E-state index is 12.7. The van der Waals surface area contributed by atoms with Gasteiger partial charge in [-0.2, -0.15) is 5.26 Å². The van der Waals surface area contributed by atoms with Crippen LogP contribution < -0.4 is 0 Å². The Morgan fingerprint density at radius 3 is 2.65 bits per heavy atom. The molecule has 0 saturated heterocycles. The van der Waals surface area contributed by atoms with E-state index in [0.717, 1.165) is 25.7 Å². The monoisotopic (exact) mass is 290 g/mol. The van der Waals surface area contributed by atoms with Gasteiger partial charge in [-0.15, -0.1) is 0 Å². The van der Waals surface area contributed by atoms with E-state index < -0.39 is 0 Å². The number of nitriles is 1. The highest BCUT2D eigenvalue weighted by Crippen LogP contribution is 2.26. The van der Waals surface area contributed by atoms with E-state index in [1.165, 1.54) is 6.42 Å². The number of rotatable bonds is 4. The number of hydrogen-bond donors (Lipinski definition) is 0. The molecule has 106 valence electrons. The zero-order chi connectivity index (χ0) is 14.4. The summed E-state index contributed by atoms with van der Waals surface area (Å²) in [6.45, 7) is 0.491. The van der Waals surface area contributed by atoms with Crippen LogP contribution in [0.5, 0.6) is 0 Å². The van der Waals surface area contributed by atoms with E-state index in [4.69, 9.17) is 16.9 Å². The summed E-state index contributed by atoms with van der Waals surface area (Å²) >= 11 is 6.12. The van der Waals surface area contributed by atoms with E-state index in [-0.39, 0.29) is 11.9 Å². The highest BCUT2D eigenvalue weighted by atomic mass is 35.5. The quantitative estimate of drug-likeness (QED) is 0.840. The molecule has 0 aromatic heterocycles. The number of amides is 1. The summed E-state index contributed by atoms with van der Waals surface area (Å²) in [6.07, 6.45) is 5.98. The number of nitrogens with zero attached hydrogens (tertiary/aromatic N) is 2. The molecule has 0 N–H and O–H groups in total. The summed E-state index contributed by atoms with van der Waals surface area (Å²) in [4.78, 5) is 14.6. The minimum atomic E-state index is -0.0437. The first-order valence-electron chi connectivity index (χ1n) is 7.16. The van der Waals surface area contributed by atoms with E-state index in [2.05, 4.69) is 6.07 Å².